The van der Waals surface area contributed by atoms with Crippen LogP contribution >= 0.6 is 11.8 Å². The summed E-state index contributed by atoms with van der Waals surface area (Å²) in [5.74, 6) is 5.69. The van der Waals surface area contributed by atoms with Crippen LogP contribution in [0.1, 0.15) is 34.6 Å². The van der Waals surface area contributed by atoms with Gasteiger partial charge in [0, 0.05) is 23.7 Å². The monoisotopic (exact) mass is 440 g/mol. The lowest BCUT2D eigenvalue weighted by atomic mass is 10.1. The van der Waals surface area contributed by atoms with Crippen LogP contribution in [0.5, 0.6) is 0 Å². The van der Waals surface area contributed by atoms with Gasteiger partial charge < -0.3 is 16.5 Å². The molecule has 2 aromatic carbocycles. The maximum absolute atomic E-state index is 13.8. The summed E-state index contributed by atoms with van der Waals surface area (Å²) >= 11 is 1.12. The second-order valence-corrected chi connectivity index (χ2v) is 8.14. The van der Waals surface area contributed by atoms with E-state index in [1.165, 1.54) is 10.7 Å². The number of thioether (sulfide) groups is 1. The minimum Gasteiger partial charge on any atom is -0.349 e. The summed E-state index contributed by atoms with van der Waals surface area (Å²) in [4.78, 5) is 24.5. The van der Waals surface area contributed by atoms with E-state index in [0.29, 0.717) is 27.8 Å². The first-order valence-electron chi connectivity index (χ1n) is 9.76. The van der Waals surface area contributed by atoms with E-state index in [4.69, 9.17) is 5.84 Å². The average Bonchev–Trinajstić information content (AvgIpc) is 3.51. The number of nitrogens with two attached hydrogens (primary N) is 1. The molecule has 160 valence electrons. The van der Waals surface area contributed by atoms with Crippen LogP contribution in [0.3, 0.4) is 0 Å². The number of rotatable bonds is 8. The van der Waals surface area contributed by atoms with E-state index in [2.05, 4.69) is 20.8 Å². The normalized spacial score (nSPS) is 13.1. The third-order valence-electron chi connectivity index (χ3n) is 4.69. The zero-order valence-corrected chi connectivity index (χ0v) is 17.4. The predicted octanol–water partition coefficient (Wildman–Crippen LogP) is 2.34. The lowest BCUT2D eigenvalue weighted by molar-refractivity contribution is -0.113. The minimum absolute atomic E-state index is 0.0491. The average molecular weight is 441 g/mol. The van der Waals surface area contributed by atoms with E-state index >= 15 is 0 Å². The number of hydrogen-bond donors (Lipinski definition) is 3. The molecular weight excluding hydrogens is 419 g/mol. The Labute approximate surface area is 182 Å². The zero-order chi connectivity index (χ0) is 21.8. The standard InChI is InChI=1S/C21H21FN6O2S/c22-17-7-2-1-4-13(17)11-18-26-27-21(28(18)23)31-12-19(29)24-16-6-3-5-14(10-16)20(30)25-15-8-9-15/h1-7,10,15H,8-9,11-12,23H2,(H,24,29)(H,25,30). The number of anilines is 1. The lowest BCUT2D eigenvalue weighted by Gasteiger charge is -2.08. The maximum atomic E-state index is 13.8. The number of hydrogen-bond acceptors (Lipinski definition) is 6. The molecule has 2 amide bonds. The van der Waals surface area contributed by atoms with Gasteiger partial charge in [0.15, 0.2) is 5.82 Å². The maximum Gasteiger partial charge on any atom is 0.251 e. The number of carbonyl (C=O) groups is 2. The number of nitrogens with zero attached hydrogens (tertiary/aromatic N) is 3. The SMILES string of the molecule is Nn1c(Cc2ccccc2F)nnc1SCC(=O)Nc1cccc(C(=O)NC2CC2)c1. The fraction of sp³-hybridized carbons (Fsp3) is 0.238. The molecule has 1 aromatic heterocycles. The van der Waals surface area contributed by atoms with Crippen molar-refractivity contribution in [2.45, 2.75) is 30.5 Å². The Morgan fingerprint density at radius 2 is 1.97 bits per heavy atom. The molecule has 0 unspecified atom stereocenters. The van der Waals surface area contributed by atoms with Crippen molar-refractivity contribution in [1.82, 2.24) is 20.2 Å². The van der Waals surface area contributed by atoms with Gasteiger partial charge in [-0.3, -0.25) is 9.59 Å². The molecule has 1 fully saturated rings. The molecule has 0 spiro atoms. The molecule has 0 bridgehead atoms. The number of benzene rings is 2. The third-order valence-corrected chi connectivity index (χ3v) is 5.64. The van der Waals surface area contributed by atoms with Crippen molar-refractivity contribution < 1.29 is 14.0 Å². The van der Waals surface area contributed by atoms with E-state index in [1.807, 2.05) is 0 Å². The molecule has 8 nitrogen and oxygen atoms in total. The highest BCUT2D eigenvalue weighted by atomic mass is 32.2. The van der Waals surface area contributed by atoms with Gasteiger partial charge in [-0.15, -0.1) is 10.2 Å². The number of halogens is 1. The van der Waals surface area contributed by atoms with Crippen LogP contribution in [-0.2, 0) is 11.2 Å². The van der Waals surface area contributed by atoms with Gasteiger partial charge in [0.1, 0.15) is 5.82 Å². The predicted molar refractivity (Wildman–Crippen MR) is 116 cm³/mol. The quantitative estimate of drug-likeness (QED) is 0.366. The van der Waals surface area contributed by atoms with Gasteiger partial charge in [-0.1, -0.05) is 36.0 Å². The molecule has 0 radical (unpaired) electrons. The second kappa shape index (κ2) is 9.17. The third kappa shape index (κ3) is 5.40. The molecule has 3 aromatic rings. The first-order valence-corrected chi connectivity index (χ1v) is 10.7. The van der Waals surface area contributed by atoms with Crippen molar-refractivity contribution in [3.05, 3.63) is 71.3 Å². The first-order chi connectivity index (χ1) is 15.0. The van der Waals surface area contributed by atoms with Gasteiger partial charge in [-0.05, 0) is 42.7 Å². The molecule has 31 heavy (non-hydrogen) atoms. The highest BCUT2D eigenvalue weighted by molar-refractivity contribution is 7.99. The molecule has 0 aliphatic heterocycles. The van der Waals surface area contributed by atoms with Gasteiger partial charge in [0.2, 0.25) is 11.1 Å². The van der Waals surface area contributed by atoms with Crippen LogP contribution in [-0.4, -0.2) is 38.5 Å². The Morgan fingerprint density at radius 1 is 1.16 bits per heavy atom. The Balaban J connectivity index is 1.32. The van der Waals surface area contributed by atoms with Crippen LogP contribution in [0.15, 0.2) is 53.7 Å². The fourth-order valence-electron chi connectivity index (χ4n) is 2.90. The summed E-state index contributed by atoms with van der Waals surface area (Å²) < 4.78 is 15.1. The molecule has 1 aliphatic rings. The van der Waals surface area contributed by atoms with E-state index in [1.54, 1.807) is 42.5 Å². The van der Waals surface area contributed by atoms with E-state index in [-0.39, 0.29) is 35.8 Å². The van der Waals surface area contributed by atoms with Gasteiger partial charge in [-0.2, -0.15) is 0 Å². The van der Waals surface area contributed by atoms with E-state index in [9.17, 15) is 14.0 Å². The summed E-state index contributed by atoms with van der Waals surface area (Å²) in [6.07, 6.45) is 2.21. The molecule has 0 atom stereocenters. The number of aromatic nitrogens is 3. The molecule has 0 saturated heterocycles. The first kappa shape index (κ1) is 20.9. The van der Waals surface area contributed by atoms with Crippen molar-refractivity contribution >= 4 is 29.3 Å². The summed E-state index contributed by atoms with van der Waals surface area (Å²) in [5, 5.41) is 14.0. The van der Waals surface area contributed by atoms with Gasteiger partial charge in [-0.25, -0.2) is 9.07 Å². The number of nitrogen functional groups attached to an aromatic ring is 1. The van der Waals surface area contributed by atoms with E-state index in [0.717, 1.165) is 24.6 Å². The molecule has 10 heteroatoms. The van der Waals surface area contributed by atoms with Crippen molar-refractivity contribution in [1.29, 1.82) is 0 Å². The fourth-order valence-corrected chi connectivity index (χ4v) is 3.58. The number of carbonyl (C=O) groups excluding carboxylic acids is 2. The smallest absolute Gasteiger partial charge is 0.251 e. The summed E-state index contributed by atoms with van der Waals surface area (Å²) in [6, 6.07) is 13.4. The number of amides is 2. The van der Waals surface area contributed by atoms with Crippen molar-refractivity contribution in [2.24, 2.45) is 0 Å². The largest absolute Gasteiger partial charge is 0.349 e. The molecule has 1 saturated carbocycles. The Morgan fingerprint density at radius 3 is 2.74 bits per heavy atom. The minimum atomic E-state index is -0.341. The Kier molecular flexibility index (Phi) is 6.17. The summed E-state index contributed by atoms with van der Waals surface area (Å²) in [7, 11) is 0. The summed E-state index contributed by atoms with van der Waals surface area (Å²) in [6.45, 7) is 0. The second-order valence-electron chi connectivity index (χ2n) is 7.20. The van der Waals surface area contributed by atoms with Crippen LogP contribution in [0.2, 0.25) is 0 Å². The van der Waals surface area contributed by atoms with Crippen molar-refractivity contribution in [2.75, 3.05) is 16.9 Å². The molecule has 1 heterocycles. The highest BCUT2D eigenvalue weighted by Crippen LogP contribution is 2.21. The van der Waals surface area contributed by atoms with Crippen LogP contribution in [0.25, 0.3) is 0 Å². The van der Waals surface area contributed by atoms with Crippen LogP contribution in [0.4, 0.5) is 10.1 Å². The Hall–Kier alpha value is -3.40. The van der Waals surface area contributed by atoms with E-state index < -0.39 is 0 Å². The van der Waals surface area contributed by atoms with Crippen LogP contribution in [0, 0.1) is 5.82 Å². The van der Waals surface area contributed by atoms with Gasteiger partial charge in [0.25, 0.3) is 5.91 Å². The van der Waals surface area contributed by atoms with Crippen molar-refractivity contribution in [3.63, 3.8) is 0 Å². The topological polar surface area (TPSA) is 115 Å². The molecule has 4 N–H and O–H groups in total. The highest BCUT2D eigenvalue weighted by Gasteiger charge is 2.23. The summed E-state index contributed by atoms with van der Waals surface area (Å²) in [5.41, 5.74) is 1.49. The van der Waals surface area contributed by atoms with Crippen LogP contribution < -0.4 is 16.5 Å². The number of nitrogens with one attached hydrogen (secondary N) is 2. The molecule has 4 rings (SSSR count). The van der Waals surface area contributed by atoms with Gasteiger partial charge >= 0.3 is 0 Å². The lowest BCUT2D eigenvalue weighted by Crippen LogP contribution is -2.25. The van der Waals surface area contributed by atoms with Crippen molar-refractivity contribution in [3.8, 4) is 0 Å². The molecular formula is C21H21FN6O2S. The molecule has 1 aliphatic carbocycles. The Bertz CT molecular complexity index is 1110. The zero-order valence-electron chi connectivity index (χ0n) is 16.5. The van der Waals surface area contributed by atoms with Gasteiger partial charge in [0.05, 0.1) is 5.75 Å².